The third-order valence-corrected chi connectivity index (χ3v) is 5.82. The average molecular weight is 400 g/mol. The number of nitrogens with one attached hydrogen (secondary N) is 1. The van der Waals surface area contributed by atoms with E-state index in [1.807, 2.05) is 23.1 Å². The highest BCUT2D eigenvalue weighted by Crippen LogP contribution is 2.47. The van der Waals surface area contributed by atoms with Gasteiger partial charge >= 0.3 is 5.97 Å². The van der Waals surface area contributed by atoms with Crippen molar-refractivity contribution in [1.82, 2.24) is 4.90 Å². The van der Waals surface area contributed by atoms with Crippen molar-refractivity contribution >= 4 is 17.4 Å². The van der Waals surface area contributed by atoms with E-state index in [4.69, 9.17) is 4.74 Å². The molecule has 0 saturated heterocycles. The third kappa shape index (κ3) is 2.72. The smallest absolute Gasteiger partial charge is 0.340 e. The van der Waals surface area contributed by atoms with Crippen LogP contribution in [0.25, 0.3) is 0 Å². The maximum Gasteiger partial charge on any atom is 0.340 e. The number of nitrogens with zero attached hydrogens (tertiary/aromatic N) is 1. The Kier molecular flexibility index (Phi) is 4.20. The summed E-state index contributed by atoms with van der Waals surface area (Å²) in [7, 11) is 1.33. The fourth-order valence-electron chi connectivity index (χ4n) is 4.43. The van der Waals surface area contributed by atoms with E-state index in [0.717, 1.165) is 23.5 Å². The molecule has 0 saturated carbocycles. The molecule has 0 spiro atoms. The first-order chi connectivity index (χ1) is 14.6. The molecule has 1 atom stereocenters. The van der Waals surface area contributed by atoms with Crippen molar-refractivity contribution in [2.45, 2.75) is 12.3 Å². The number of phenols is 1. The Labute approximate surface area is 173 Å². The van der Waals surface area contributed by atoms with Crippen LogP contribution in [0.4, 0.5) is 5.69 Å². The molecular formula is C24H20N2O4. The monoisotopic (exact) mass is 400 g/mol. The van der Waals surface area contributed by atoms with Gasteiger partial charge in [0.2, 0.25) is 0 Å². The molecule has 1 unspecified atom stereocenters. The predicted molar refractivity (Wildman–Crippen MR) is 112 cm³/mol. The summed E-state index contributed by atoms with van der Waals surface area (Å²) in [5.74, 6) is -0.767. The van der Waals surface area contributed by atoms with Crippen LogP contribution in [-0.2, 0) is 9.53 Å². The molecule has 0 aromatic heterocycles. The minimum Gasteiger partial charge on any atom is -0.507 e. The number of para-hydroxylation sites is 2. The first kappa shape index (κ1) is 18.2. The van der Waals surface area contributed by atoms with Crippen molar-refractivity contribution in [2.75, 3.05) is 19.0 Å². The summed E-state index contributed by atoms with van der Waals surface area (Å²) in [6, 6.07) is 14.5. The molecule has 3 aliphatic rings. The van der Waals surface area contributed by atoms with Crippen molar-refractivity contribution in [1.29, 1.82) is 0 Å². The highest BCUT2D eigenvalue weighted by Gasteiger charge is 2.39. The van der Waals surface area contributed by atoms with Crippen LogP contribution in [0.2, 0.25) is 0 Å². The molecular weight excluding hydrogens is 380 g/mol. The number of hydrogen-bond acceptors (Lipinski definition) is 6. The number of allylic oxidation sites excluding steroid dienone is 3. The lowest BCUT2D eigenvalue weighted by Crippen LogP contribution is -2.34. The molecule has 3 aliphatic heterocycles. The van der Waals surface area contributed by atoms with Crippen LogP contribution in [0.5, 0.6) is 5.75 Å². The highest BCUT2D eigenvalue weighted by molar-refractivity contribution is 6.13. The molecule has 6 nitrogen and oxygen atoms in total. The quantitative estimate of drug-likeness (QED) is 0.604. The largest absolute Gasteiger partial charge is 0.507 e. The van der Waals surface area contributed by atoms with Gasteiger partial charge in [-0.1, -0.05) is 30.3 Å². The van der Waals surface area contributed by atoms with Crippen LogP contribution in [0, 0.1) is 0 Å². The van der Waals surface area contributed by atoms with E-state index >= 15 is 0 Å². The molecule has 0 radical (unpaired) electrons. The summed E-state index contributed by atoms with van der Waals surface area (Å²) in [5, 5.41) is 13.6. The number of methoxy groups -OCH3 is 1. The minimum absolute atomic E-state index is 0.0906. The molecule has 0 amide bonds. The van der Waals surface area contributed by atoms with E-state index in [9.17, 15) is 14.7 Å². The Balaban J connectivity index is 1.62. The maximum absolute atomic E-state index is 13.1. The zero-order chi connectivity index (χ0) is 20.8. The lowest BCUT2D eigenvalue weighted by Gasteiger charge is -2.36. The van der Waals surface area contributed by atoms with E-state index in [2.05, 4.69) is 11.4 Å². The predicted octanol–water partition coefficient (Wildman–Crippen LogP) is 3.70. The van der Waals surface area contributed by atoms with Crippen molar-refractivity contribution in [3.63, 3.8) is 0 Å². The van der Waals surface area contributed by atoms with E-state index in [1.54, 1.807) is 30.5 Å². The maximum atomic E-state index is 13.1. The summed E-state index contributed by atoms with van der Waals surface area (Å²) in [6.45, 7) is 0.658. The number of ether oxygens (including phenoxy) is 1. The van der Waals surface area contributed by atoms with Gasteiger partial charge in [0.15, 0.2) is 5.78 Å². The van der Waals surface area contributed by atoms with Gasteiger partial charge in [-0.2, -0.15) is 0 Å². The van der Waals surface area contributed by atoms with Gasteiger partial charge in [-0.25, -0.2) is 4.79 Å². The molecule has 5 rings (SSSR count). The first-order valence-corrected chi connectivity index (χ1v) is 9.80. The van der Waals surface area contributed by atoms with Crippen molar-refractivity contribution in [2.24, 2.45) is 0 Å². The molecule has 0 bridgehead atoms. The van der Waals surface area contributed by atoms with E-state index in [0.29, 0.717) is 17.7 Å². The summed E-state index contributed by atoms with van der Waals surface area (Å²) in [4.78, 5) is 27.7. The van der Waals surface area contributed by atoms with Gasteiger partial charge in [0.25, 0.3) is 0 Å². The number of rotatable bonds is 3. The SMILES string of the molecule is COC(=O)C1=CC(C(=O)c2ccccc2O)=CN2CCC3C(=C12)Nc1ccccc13. The number of fused-ring (bicyclic) bond motifs is 4. The van der Waals surface area contributed by atoms with Gasteiger partial charge in [0, 0.05) is 35.6 Å². The number of anilines is 1. The summed E-state index contributed by atoms with van der Waals surface area (Å²) < 4.78 is 5.04. The van der Waals surface area contributed by atoms with Crippen LogP contribution in [-0.4, -0.2) is 35.4 Å². The normalized spacial score (nSPS) is 19.1. The molecule has 3 heterocycles. The Morgan fingerprint density at radius 1 is 1.13 bits per heavy atom. The van der Waals surface area contributed by atoms with E-state index in [-0.39, 0.29) is 23.0 Å². The third-order valence-electron chi connectivity index (χ3n) is 5.82. The molecule has 6 heteroatoms. The molecule has 2 aromatic carbocycles. The molecule has 2 aromatic rings. The number of ketones is 1. The Morgan fingerprint density at radius 3 is 2.70 bits per heavy atom. The second-order valence-corrected chi connectivity index (χ2v) is 7.49. The number of carbonyl (C=O) groups is 2. The van der Waals surface area contributed by atoms with Gasteiger partial charge < -0.3 is 20.1 Å². The fraction of sp³-hybridized carbons (Fsp3) is 0.167. The minimum atomic E-state index is -0.503. The number of aromatic hydroxyl groups is 1. The average Bonchev–Trinajstić information content (AvgIpc) is 3.16. The molecule has 30 heavy (non-hydrogen) atoms. The van der Waals surface area contributed by atoms with Gasteiger partial charge in [0.05, 0.1) is 23.9 Å². The van der Waals surface area contributed by atoms with Crippen LogP contribution in [0.15, 0.2) is 83.3 Å². The number of phenolic OH excluding ortho intramolecular Hbond substituents is 1. The van der Waals surface area contributed by atoms with Crippen molar-refractivity contribution < 1.29 is 19.4 Å². The second-order valence-electron chi connectivity index (χ2n) is 7.49. The summed E-state index contributed by atoms with van der Waals surface area (Å²) in [5.41, 5.74) is 4.79. The standard InChI is InChI=1S/C24H20N2O4/c1-30-24(29)18-12-14(23(28)17-7-3-5-9-20(17)27)13-26-11-10-16-15-6-2-4-8-19(15)25-21(16)22(18)26/h2-9,12-13,16,25,27H,10-11H2,1H3. The summed E-state index contributed by atoms with van der Waals surface area (Å²) in [6.07, 6.45) is 4.17. The lowest BCUT2D eigenvalue weighted by atomic mass is 9.87. The lowest BCUT2D eigenvalue weighted by molar-refractivity contribution is -0.136. The van der Waals surface area contributed by atoms with Gasteiger partial charge in [-0.05, 0) is 36.3 Å². The Morgan fingerprint density at radius 2 is 1.90 bits per heavy atom. The Bertz CT molecular complexity index is 1180. The number of hydrogen-bond donors (Lipinski definition) is 2. The molecule has 2 N–H and O–H groups in total. The molecule has 0 fully saturated rings. The van der Waals surface area contributed by atoms with Gasteiger partial charge in [-0.3, -0.25) is 4.79 Å². The van der Waals surface area contributed by atoms with Crippen LogP contribution in [0.1, 0.15) is 28.3 Å². The van der Waals surface area contributed by atoms with Crippen LogP contribution < -0.4 is 5.32 Å². The summed E-state index contributed by atoms with van der Waals surface area (Å²) >= 11 is 0. The topological polar surface area (TPSA) is 78.9 Å². The van der Waals surface area contributed by atoms with Gasteiger partial charge in [-0.15, -0.1) is 0 Å². The zero-order valence-electron chi connectivity index (χ0n) is 16.4. The number of esters is 1. The molecule has 150 valence electrons. The van der Waals surface area contributed by atoms with E-state index in [1.165, 1.54) is 18.7 Å². The fourth-order valence-corrected chi connectivity index (χ4v) is 4.43. The number of carbonyl (C=O) groups excluding carboxylic acids is 2. The number of Topliss-reactive ketones (excluding diaryl/α,β-unsaturated/α-hetero) is 1. The first-order valence-electron chi connectivity index (χ1n) is 9.80. The van der Waals surface area contributed by atoms with Crippen LogP contribution >= 0.6 is 0 Å². The van der Waals surface area contributed by atoms with Crippen molar-refractivity contribution in [3.05, 3.63) is 94.5 Å². The van der Waals surface area contributed by atoms with Crippen LogP contribution in [0.3, 0.4) is 0 Å². The highest BCUT2D eigenvalue weighted by atomic mass is 16.5. The van der Waals surface area contributed by atoms with E-state index < -0.39 is 5.97 Å². The number of benzene rings is 2. The van der Waals surface area contributed by atoms with Gasteiger partial charge in [0.1, 0.15) is 5.75 Å². The zero-order valence-corrected chi connectivity index (χ0v) is 16.4. The second kappa shape index (κ2) is 6.91. The molecule has 0 aliphatic carbocycles. The Hall–Kier alpha value is -3.80. The van der Waals surface area contributed by atoms with Crippen molar-refractivity contribution in [3.8, 4) is 5.75 Å².